The topological polar surface area (TPSA) is 66.0 Å². The van der Waals surface area contributed by atoms with Crippen molar-refractivity contribution in [3.8, 4) is 5.75 Å². The summed E-state index contributed by atoms with van der Waals surface area (Å²) in [5.74, 6) is 0.862. The van der Waals surface area contributed by atoms with Gasteiger partial charge in [0.1, 0.15) is 18.4 Å². The second-order valence-electron chi connectivity index (χ2n) is 3.78. The first kappa shape index (κ1) is 14.5. The number of aromatic nitrogens is 3. The van der Waals surface area contributed by atoms with Gasteiger partial charge in [-0.05, 0) is 24.6 Å². The van der Waals surface area contributed by atoms with Crippen molar-refractivity contribution in [2.75, 3.05) is 13.7 Å². The minimum Gasteiger partial charge on any atom is -0.496 e. The van der Waals surface area contributed by atoms with E-state index in [1.165, 1.54) is 11.9 Å². The Kier molecular flexibility index (Phi) is 5.61. The predicted molar refractivity (Wildman–Crippen MR) is 72.1 cm³/mol. The van der Waals surface area contributed by atoms with E-state index in [1.807, 2.05) is 12.1 Å². The maximum atomic E-state index is 5.56. The maximum Gasteiger partial charge on any atom is 0.137 e. The molecular formula is C12H17ClN4O. The molecule has 1 aromatic heterocycles. The molecule has 0 amide bonds. The lowest BCUT2D eigenvalue weighted by Crippen LogP contribution is -2.06. The lowest BCUT2D eigenvalue weighted by molar-refractivity contribution is 0.407. The number of hydrogen-bond donors (Lipinski definition) is 1. The normalized spacial score (nSPS) is 9.89. The van der Waals surface area contributed by atoms with E-state index in [4.69, 9.17) is 10.5 Å². The number of benzene rings is 1. The molecular weight excluding hydrogens is 252 g/mol. The fourth-order valence-electron chi connectivity index (χ4n) is 1.77. The Hall–Kier alpha value is -1.59. The molecule has 18 heavy (non-hydrogen) atoms. The second-order valence-corrected chi connectivity index (χ2v) is 3.78. The zero-order valence-electron chi connectivity index (χ0n) is 10.2. The molecule has 0 atom stereocenters. The zero-order chi connectivity index (χ0) is 12.1. The molecule has 0 bridgehead atoms. The third-order valence-corrected chi connectivity index (χ3v) is 2.58. The molecule has 1 heterocycles. The van der Waals surface area contributed by atoms with E-state index < -0.39 is 0 Å². The van der Waals surface area contributed by atoms with Gasteiger partial charge < -0.3 is 10.5 Å². The third kappa shape index (κ3) is 3.45. The van der Waals surface area contributed by atoms with Crippen molar-refractivity contribution in [2.24, 2.45) is 5.73 Å². The predicted octanol–water partition coefficient (Wildman–Crippen LogP) is 1.26. The van der Waals surface area contributed by atoms with Crippen LogP contribution in [0.5, 0.6) is 5.75 Å². The van der Waals surface area contributed by atoms with E-state index >= 15 is 0 Å². The minimum atomic E-state index is 0. The summed E-state index contributed by atoms with van der Waals surface area (Å²) in [5.41, 5.74) is 7.86. The monoisotopic (exact) mass is 268 g/mol. The second kappa shape index (κ2) is 6.98. The summed E-state index contributed by atoms with van der Waals surface area (Å²) >= 11 is 0. The summed E-state index contributed by atoms with van der Waals surface area (Å²) in [7, 11) is 1.67. The van der Waals surface area contributed by atoms with Crippen LogP contribution in [0.2, 0.25) is 0 Å². The Bertz CT molecular complexity index is 473. The van der Waals surface area contributed by atoms with Gasteiger partial charge in [-0.1, -0.05) is 12.1 Å². The van der Waals surface area contributed by atoms with Gasteiger partial charge in [-0.2, -0.15) is 5.10 Å². The molecule has 0 saturated carbocycles. The SMILES string of the molecule is COc1ccc(CCN)cc1Cn1cncn1.Cl. The maximum absolute atomic E-state index is 5.56. The van der Waals surface area contributed by atoms with Gasteiger partial charge in [0.2, 0.25) is 0 Å². The molecule has 0 aliphatic rings. The average molecular weight is 269 g/mol. The van der Waals surface area contributed by atoms with Crippen molar-refractivity contribution in [3.63, 3.8) is 0 Å². The van der Waals surface area contributed by atoms with Crippen LogP contribution in [0.3, 0.4) is 0 Å². The number of ether oxygens (including phenoxy) is 1. The summed E-state index contributed by atoms with van der Waals surface area (Å²) in [5, 5.41) is 4.09. The molecule has 2 aromatic rings. The molecule has 98 valence electrons. The molecule has 2 rings (SSSR count). The van der Waals surface area contributed by atoms with Crippen LogP contribution < -0.4 is 10.5 Å². The molecule has 0 saturated heterocycles. The molecule has 0 aliphatic heterocycles. The van der Waals surface area contributed by atoms with E-state index in [1.54, 1.807) is 18.1 Å². The van der Waals surface area contributed by atoms with E-state index in [2.05, 4.69) is 16.1 Å². The smallest absolute Gasteiger partial charge is 0.137 e. The van der Waals surface area contributed by atoms with E-state index in [9.17, 15) is 0 Å². The number of nitrogens with two attached hydrogens (primary N) is 1. The largest absolute Gasteiger partial charge is 0.496 e. The highest BCUT2D eigenvalue weighted by atomic mass is 35.5. The Morgan fingerprint density at radius 1 is 1.39 bits per heavy atom. The van der Waals surface area contributed by atoms with Crippen LogP contribution in [0.25, 0.3) is 0 Å². The van der Waals surface area contributed by atoms with Crippen LogP contribution in [-0.4, -0.2) is 28.4 Å². The standard InChI is InChI=1S/C12H16N4O.ClH/c1-17-12-3-2-10(4-5-13)6-11(12)7-16-9-14-8-15-16;/h2-3,6,8-9H,4-5,7,13H2,1H3;1H. The highest BCUT2D eigenvalue weighted by Gasteiger charge is 2.05. The molecule has 0 unspecified atom stereocenters. The van der Waals surface area contributed by atoms with Crippen molar-refractivity contribution in [1.29, 1.82) is 0 Å². The minimum absolute atomic E-state index is 0. The van der Waals surface area contributed by atoms with Crippen molar-refractivity contribution in [1.82, 2.24) is 14.8 Å². The average Bonchev–Trinajstić information content (AvgIpc) is 2.83. The van der Waals surface area contributed by atoms with Crippen LogP contribution in [0.1, 0.15) is 11.1 Å². The van der Waals surface area contributed by atoms with Gasteiger partial charge >= 0.3 is 0 Å². The van der Waals surface area contributed by atoms with Crippen molar-refractivity contribution >= 4 is 12.4 Å². The molecule has 0 radical (unpaired) electrons. The number of rotatable bonds is 5. The summed E-state index contributed by atoms with van der Waals surface area (Å²) in [6, 6.07) is 6.11. The van der Waals surface area contributed by atoms with E-state index in [0.717, 1.165) is 17.7 Å². The molecule has 2 N–H and O–H groups in total. The van der Waals surface area contributed by atoms with Gasteiger partial charge in [0.15, 0.2) is 0 Å². The number of halogens is 1. The molecule has 1 aromatic carbocycles. The van der Waals surface area contributed by atoms with Crippen molar-refractivity contribution < 1.29 is 4.74 Å². The summed E-state index contributed by atoms with van der Waals surface area (Å²) in [6.45, 7) is 1.30. The fraction of sp³-hybridized carbons (Fsp3) is 0.333. The first-order valence-corrected chi connectivity index (χ1v) is 5.51. The van der Waals surface area contributed by atoms with Crippen LogP contribution >= 0.6 is 12.4 Å². The van der Waals surface area contributed by atoms with Crippen LogP contribution in [0.4, 0.5) is 0 Å². The Balaban J connectivity index is 0.00000162. The Morgan fingerprint density at radius 3 is 2.83 bits per heavy atom. The quantitative estimate of drug-likeness (QED) is 0.887. The highest BCUT2D eigenvalue weighted by molar-refractivity contribution is 5.85. The van der Waals surface area contributed by atoms with Gasteiger partial charge in [0.25, 0.3) is 0 Å². The fourth-order valence-corrected chi connectivity index (χ4v) is 1.77. The lowest BCUT2D eigenvalue weighted by atomic mass is 10.1. The van der Waals surface area contributed by atoms with Gasteiger partial charge in [-0.3, -0.25) is 0 Å². The van der Waals surface area contributed by atoms with E-state index in [-0.39, 0.29) is 12.4 Å². The molecule has 5 nitrogen and oxygen atoms in total. The number of methoxy groups -OCH3 is 1. The first-order chi connectivity index (χ1) is 8.33. The van der Waals surface area contributed by atoms with Gasteiger partial charge in [-0.15, -0.1) is 12.4 Å². The molecule has 0 aliphatic carbocycles. The van der Waals surface area contributed by atoms with Crippen molar-refractivity contribution in [2.45, 2.75) is 13.0 Å². The van der Waals surface area contributed by atoms with E-state index in [0.29, 0.717) is 13.1 Å². The van der Waals surface area contributed by atoms with Gasteiger partial charge in [-0.25, -0.2) is 9.67 Å². The highest BCUT2D eigenvalue weighted by Crippen LogP contribution is 2.20. The van der Waals surface area contributed by atoms with Crippen LogP contribution in [-0.2, 0) is 13.0 Å². The molecule has 6 heteroatoms. The van der Waals surface area contributed by atoms with Gasteiger partial charge in [0.05, 0.1) is 13.7 Å². The van der Waals surface area contributed by atoms with Crippen LogP contribution in [0.15, 0.2) is 30.9 Å². The van der Waals surface area contributed by atoms with Gasteiger partial charge in [0, 0.05) is 5.56 Å². The molecule has 0 fully saturated rings. The first-order valence-electron chi connectivity index (χ1n) is 5.51. The summed E-state index contributed by atoms with van der Waals surface area (Å²) < 4.78 is 7.10. The number of hydrogen-bond acceptors (Lipinski definition) is 4. The Labute approximate surface area is 112 Å². The third-order valence-electron chi connectivity index (χ3n) is 2.58. The number of nitrogens with zero attached hydrogens (tertiary/aromatic N) is 3. The van der Waals surface area contributed by atoms with Crippen molar-refractivity contribution in [3.05, 3.63) is 42.0 Å². The molecule has 0 spiro atoms. The summed E-state index contributed by atoms with van der Waals surface area (Å²) in [6.07, 6.45) is 4.08. The zero-order valence-corrected chi connectivity index (χ0v) is 11.1. The summed E-state index contributed by atoms with van der Waals surface area (Å²) in [4.78, 5) is 3.92. The lowest BCUT2D eigenvalue weighted by Gasteiger charge is -2.10. The van der Waals surface area contributed by atoms with Crippen LogP contribution in [0, 0.1) is 0 Å². The Morgan fingerprint density at radius 2 is 2.22 bits per heavy atom.